The SMILES string of the molecule is CCCC1(O)CCC(C(C)(C)CC)CC1. The fraction of sp³-hybridized carbons (Fsp3) is 1.00. The zero-order chi connectivity index (χ0) is 11.5. The van der Waals surface area contributed by atoms with E-state index in [1.54, 1.807) is 0 Å². The zero-order valence-electron chi connectivity index (χ0n) is 11.0. The molecule has 1 rings (SSSR count). The summed E-state index contributed by atoms with van der Waals surface area (Å²) >= 11 is 0. The maximum absolute atomic E-state index is 10.3. The van der Waals surface area contributed by atoms with Crippen LogP contribution in [0.3, 0.4) is 0 Å². The lowest BCUT2D eigenvalue weighted by Crippen LogP contribution is -2.37. The molecule has 0 aliphatic heterocycles. The van der Waals surface area contributed by atoms with E-state index in [4.69, 9.17) is 0 Å². The lowest BCUT2D eigenvalue weighted by atomic mass is 9.66. The molecule has 1 aliphatic carbocycles. The van der Waals surface area contributed by atoms with Gasteiger partial charge in [-0.15, -0.1) is 0 Å². The molecule has 0 radical (unpaired) electrons. The van der Waals surface area contributed by atoms with Crippen LogP contribution in [0.4, 0.5) is 0 Å². The van der Waals surface area contributed by atoms with Gasteiger partial charge in [-0.1, -0.05) is 40.5 Å². The third kappa shape index (κ3) is 3.21. The molecule has 0 saturated heterocycles. The Balaban J connectivity index is 2.48. The molecule has 0 aromatic rings. The molecular weight excluding hydrogens is 184 g/mol. The molecule has 0 heterocycles. The van der Waals surface area contributed by atoms with Gasteiger partial charge in [-0.2, -0.15) is 0 Å². The first kappa shape index (κ1) is 13.0. The molecule has 1 nitrogen and oxygen atoms in total. The van der Waals surface area contributed by atoms with Crippen LogP contribution < -0.4 is 0 Å². The van der Waals surface area contributed by atoms with Crippen molar-refractivity contribution in [2.24, 2.45) is 11.3 Å². The van der Waals surface area contributed by atoms with Crippen molar-refractivity contribution in [1.29, 1.82) is 0 Å². The summed E-state index contributed by atoms with van der Waals surface area (Å²) in [5.74, 6) is 0.819. The standard InChI is InChI=1S/C14H28O/c1-5-9-14(15)10-7-12(8-11-14)13(3,4)6-2/h12,15H,5-11H2,1-4H3. The van der Waals surface area contributed by atoms with Crippen molar-refractivity contribution in [3.05, 3.63) is 0 Å². The van der Waals surface area contributed by atoms with Crippen LogP contribution >= 0.6 is 0 Å². The van der Waals surface area contributed by atoms with E-state index in [0.717, 1.165) is 31.6 Å². The first-order valence-electron chi connectivity index (χ1n) is 6.66. The lowest BCUT2D eigenvalue weighted by Gasteiger charge is -2.42. The van der Waals surface area contributed by atoms with E-state index in [-0.39, 0.29) is 5.60 Å². The highest BCUT2D eigenvalue weighted by Gasteiger charge is 2.37. The molecule has 90 valence electrons. The van der Waals surface area contributed by atoms with Gasteiger partial charge in [0.1, 0.15) is 0 Å². The first-order valence-corrected chi connectivity index (χ1v) is 6.66. The summed E-state index contributed by atoms with van der Waals surface area (Å²) in [5, 5.41) is 10.3. The third-order valence-corrected chi connectivity index (χ3v) is 4.65. The lowest BCUT2D eigenvalue weighted by molar-refractivity contribution is -0.0345. The quantitative estimate of drug-likeness (QED) is 0.742. The molecule has 0 bridgehead atoms. The Hall–Kier alpha value is -0.0400. The molecule has 1 N–H and O–H groups in total. The van der Waals surface area contributed by atoms with Crippen molar-refractivity contribution < 1.29 is 5.11 Å². The summed E-state index contributed by atoms with van der Waals surface area (Å²) in [6, 6.07) is 0. The van der Waals surface area contributed by atoms with Crippen molar-refractivity contribution in [2.75, 3.05) is 0 Å². The van der Waals surface area contributed by atoms with Crippen molar-refractivity contribution in [3.63, 3.8) is 0 Å². The topological polar surface area (TPSA) is 20.2 Å². The van der Waals surface area contributed by atoms with Gasteiger partial charge in [0.05, 0.1) is 5.60 Å². The van der Waals surface area contributed by atoms with Gasteiger partial charge in [-0.3, -0.25) is 0 Å². The predicted molar refractivity (Wildman–Crippen MR) is 65.9 cm³/mol. The Labute approximate surface area is 95.3 Å². The Morgan fingerprint density at radius 1 is 1.20 bits per heavy atom. The van der Waals surface area contributed by atoms with Gasteiger partial charge >= 0.3 is 0 Å². The minimum absolute atomic E-state index is 0.324. The molecule has 0 spiro atoms. The van der Waals surface area contributed by atoms with Gasteiger partial charge in [-0.25, -0.2) is 0 Å². The second-order valence-corrected chi connectivity index (χ2v) is 6.09. The van der Waals surface area contributed by atoms with Crippen molar-refractivity contribution in [3.8, 4) is 0 Å². The van der Waals surface area contributed by atoms with Gasteiger partial charge in [0.15, 0.2) is 0 Å². The van der Waals surface area contributed by atoms with E-state index in [0.29, 0.717) is 5.41 Å². The predicted octanol–water partition coefficient (Wildman–Crippen LogP) is 4.14. The van der Waals surface area contributed by atoms with E-state index in [1.165, 1.54) is 19.3 Å². The van der Waals surface area contributed by atoms with Crippen LogP contribution in [-0.4, -0.2) is 10.7 Å². The van der Waals surface area contributed by atoms with Gasteiger partial charge in [0.2, 0.25) is 0 Å². The summed E-state index contributed by atoms with van der Waals surface area (Å²) in [4.78, 5) is 0. The minimum atomic E-state index is -0.324. The normalized spacial score (nSPS) is 33.0. The summed E-state index contributed by atoms with van der Waals surface area (Å²) in [7, 11) is 0. The highest BCUT2D eigenvalue weighted by atomic mass is 16.3. The van der Waals surface area contributed by atoms with Crippen LogP contribution in [0.15, 0.2) is 0 Å². The molecule has 1 saturated carbocycles. The number of hydrogen-bond acceptors (Lipinski definition) is 1. The molecule has 1 aliphatic rings. The maximum Gasteiger partial charge on any atom is 0.0648 e. The van der Waals surface area contributed by atoms with Crippen molar-refractivity contribution >= 4 is 0 Å². The highest BCUT2D eigenvalue weighted by molar-refractivity contribution is 4.89. The molecule has 1 heteroatoms. The van der Waals surface area contributed by atoms with Crippen LogP contribution in [0.5, 0.6) is 0 Å². The number of aliphatic hydroxyl groups is 1. The average molecular weight is 212 g/mol. The number of rotatable bonds is 4. The maximum atomic E-state index is 10.3. The molecule has 1 fully saturated rings. The highest BCUT2D eigenvalue weighted by Crippen LogP contribution is 2.44. The second-order valence-electron chi connectivity index (χ2n) is 6.09. The van der Waals surface area contributed by atoms with Crippen LogP contribution in [0.1, 0.15) is 72.6 Å². The Morgan fingerprint density at radius 2 is 1.73 bits per heavy atom. The van der Waals surface area contributed by atoms with E-state index < -0.39 is 0 Å². The first-order chi connectivity index (χ1) is 6.93. The van der Waals surface area contributed by atoms with Crippen LogP contribution in [0.25, 0.3) is 0 Å². The summed E-state index contributed by atoms with van der Waals surface area (Å²) in [6.45, 7) is 9.20. The fourth-order valence-electron chi connectivity index (χ4n) is 2.94. The molecule has 15 heavy (non-hydrogen) atoms. The number of hydrogen-bond donors (Lipinski definition) is 1. The molecule has 0 aromatic carbocycles. The second kappa shape index (κ2) is 4.86. The summed E-state index contributed by atoms with van der Waals surface area (Å²) in [5.41, 5.74) is 0.141. The summed E-state index contributed by atoms with van der Waals surface area (Å²) < 4.78 is 0. The van der Waals surface area contributed by atoms with E-state index in [2.05, 4.69) is 27.7 Å². The summed E-state index contributed by atoms with van der Waals surface area (Å²) in [6.07, 6.45) is 7.84. The van der Waals surface area contributed by atoms with Crippen molar-refractivity contribution in [2.45, 2.75) is 78.2 Å². The Morgan fingerprint density at radius 3 is 2.13 bits per heavy atom. The van der Waals surface area contributed by atoms with Crippen LogP contribution in [0, 0.1) is 11.3 Å². The smallest absolute Gasteiger partial charge is 0.0648 e. The van der Waals surface area contributed by atoms with E-state index in [9.17, 15) is 5.11 Å². The molecule has 0 unspecified atom stereocenters. The van der Waals surface area contributed by atoms with Gasteiger partial charge in [-0.05, 0) is 43.4 Å². The van der Waals surface area contributed by atoms with E-state index in [1.807, 2.05) is 0 Å². The van der Waals surface area contributed by atoms with Gasteiger partial charge < -0.3 is 5.11 Å². The average Bonchev–Trinajstić information content (AvgIpc) is 2.18. The van der Waals surface area contributed by atoms with Crippen LogP contribution in [0.2, 0.25) is 0 Å². The molecule has 0 aromatic heterocycles. The van der Waals surface area contributed by atoms with E-state index >= 15 is 0 Å². The van der Waals surface area contributed by atoms with Crippen LogP contribution in [-0.2, 0) is 0 Å². The molecule has 0 atom stereocenters. The molecular formula is C14H28O. The minimum Gasteiger partial charge on any atom is -0.390 e. The fourth-order valence-corrected chi connectivity index (χ4v) is 2.94. The Kier molecular flexibility index (Phi) is 4.22. The molecule has 0 amide bonds. The monoisotopic (exact) mass is 212 g/mol. The van der Waals surface area contributed by atoms with Gasteiger partial charge in [0, 0.05) is 0 Å². The van der Waals surface area contributed by atoms with Crippen molar-refractivity contribution in [1.82, 2.24) is 0 Å². The largest absolute Gasteiger partial charge is 0.390 e. The third-order valence-electron chi connectivity index (χ3n) is 4.65. The Bertz CT molecular complexity index is 188. The van der Waals surface area contributed by atoms with Gasteiger partial charge in [0.25, 0.3) is 0 Å². The zero-order valence-corrected chi connectivity index (χ0v) is 11.0.